The highest BCUT2D eigenvalue weighted by Gasteiger charge is 2.16. The average molecular weight is 318 g/mol. The fourth-order valence-corrected chi connectivity index (χ4v) is 2.83. The Morgan fingerprint density at radius 1 is 1.17 bits per heavy atom. The van der Waals surface area contributed by atoms with E-state index >= 15 is 0 Å². The minimum absolute atomic E-state index is 0.109. The quantitative estimate of drug-likeness (QED) is 0.672. The van der Waals surface area contributed by atoms with Gasteiger partial charge in [0.2, 0.25) is 5.91 Å². The summed E-state index contributed by atoms with van der Waals surface area (Å²) in [7, 11) is 0. The van der Waals surface area contributed by atoms with Gasteiger partial charge in [0.1, 0.15) is 0 Å². The van der Waals surface area contributed by atoms with Crippen LogP contribution in [0.5, 0.6) is 0 Å². The third kappa shape index (κ3) is 5.56. The minimum Gasteiger partial charge on any atom is -0.335 e. The molecule has 1 saturated carbocycles. The van der Waals surface area contributed by atoms with Crippen molar-refractivity contribution in [2.24, 2.45) is 5.73 Å². The zero-order valence-electron chi connectivity index (χ0n) is 13.7. The first kappa shape index (κ1) is 17.3. The Morgan fingerprint density at radius 3 is 2.57 bits per heavy atom. The lowest BCUT2D eigenvalue weighted by Crippen LogP contribution is -2.39. The number of rotatable bonds is 5. The van der Waals surface area contributed by atoms with Crippen molar-refractivity contribution in [3.05, 3.63) is 23.8 Å². The van der Waals surface area contributed by atoms with Gasteiger partial charge in [-0.2, -0.15) is 0 Å². The number of carbonyl (C=O) groups is 2. The Balaban J connectivity index is 1.89. The molecule has 1 aromatic rings. The maximum atomic E-state index is 12.1. The zero-order valence-corrected chi connectivity index (χ0v) is 13.7. The van der Waals surface area contributed by atoms with Gasteiger partial charge in [0.05, 0.1) is 0 Å². The van der Waals surface area contributed by atoms with Gasteiger partial charge in [-0.3, -0.25) is 4.79 Å². The zero-order chi connectivity index (χ0) is 16.7. The van der Waals surface area contributed by atoms with Crippen LogP contribution < -0.4 is 21.7 Å². The van der Waals surface area contributed by atoms with E-state index in [4.69, 9.17) is 5.73 Å². The van der Waals surface area contributed by atoms with Crippen molar-refractivity contribution in [1.82, 2.24) is 5.32 Å². The molecule has 1 aromatic carbocycles. The van der Waals surface area contributed by atoms with Gasteiger partial charge in [-0.25, -0.2) is 4.79 Å². The number of aryl methyl sites for hydroxylation is 1. The molecule has 0 atom stereocenters. The molecule has 2 rings (SSSR count). The number of hydrogen-bond donors (Lipinski definition) is 4. The number of urea groups is 1. The second-order valence-corrected chi connectivity index (χ2v) is 6.05. The summed E-state index contributed by atoms with van der Waals surface area (Å²) in [5.41, 5.74) is 7.70. The summed E-state index contributed by atoms with van der Waals surface area (Å²) in [5, 5.41) is 8.69. The van der Waals surface area contributed by atoms with E-state index in [-0.39, 0.29) is 18.0 Å². The molecule has 0 radical (unpaired) electrons. The molecule has 0 heterocycles. The fourth-order valence-electron chi connectivity index (χ4n) is 2.83. The molecule has 6 nitrogen and oxygen atoms in total. The van der Waals surface area contributed by atoms with Crippen LogP contribution in [0.4, 0.5) is 16.2 Å². The topological polar surface area (TPSA) is 96.2 Å². The smallest absolute Gasteiger partial charge is 0.319 e. The molecule has 126 valence electrons. The predicted molar refractivity (Wildman–Crippen MR) is 92.5 cm³/mol. The van der Waals surface area contributed by atoms with Gasteiger partial charge in [0, 0.05) is 30.4 Å². The summed E-state index contributed by atoms with van der Waals surface area (Å²) in [6.07, 6.45) is 6.03. The molecular formula is C17H26N4O2. The first-order chi connectivity index (χ1) is 11.1. The van der Waals surface area contributed by atoms with Crippen LogP contribution in [0, 0.1) is 6.92 Å². The van der Waals surface area contributed by atoms with Crippen molar-refractivity contribution in [3.63, 3.8) is 0 Å². The van der Waals surface area contributed by atoms with Crippen LogP contribution in [0.3, 0.4) is 0 Å². The number of carbonyl (C=O) groups excluding carboxylic acids is 2. The van der Waals surface area contributed by atoms with Crippen LogP contribution in [-0.4, -0.2) is 24.5 Å². The van der Waals surface area contributed by atoms with Crippen LogP contribution in [0.1, 0.15) is 44.1 Å². The van der Waals surface area contributed by atoms with Crippen molar-refractivity contribution < 1.29 is 9.59 Å². The number of hydrogen-bond acceptors (Lipinski definition) is 3. The number of amides is 3. The van der Waals surface area contributed by atoms with Gasteiger partial charge in [-0.15, -0.1) is 0 Å². The lowest BCUT2D eigenvalue weighted by atomic mass is 9.96. The number of benzene rings is 1. The lowest BCUT2D eigenvalue weighted by Gasteiger charge is -2.23. The molecule has 3 amide bonds. The highest BCUT2D eigenvalue weighted by molar-refractivity contribution is 5.93. The number of anilines is 2. The Bertz CT molecular complexity index is 554. The molecule has 0 spiro atoms. The van der Waals surface area contributed by atoms with E-state index in [1.54, 1.807) is 12.1 Å². The second kappa shape index (κ2) is 8.53. The van der Waals surface area contributed by atoms with Gasteiger partial charge in [0.25, 0.3) is 0 Å². The van der Waals surface area contributed by atoms with E-state index in [1.807, 2.05) is 13.0 Å². The largest absolute Gasteiger partial charge is 0.335 e. The molecule has 0 aliphatic heterocycles. The van der Waals surface area contributed by atoms with Gasteiger partial charge < -0.3 is 21.7 Å². The fraction of sp³-hybridized carbons (Fsp3) is 0.529. The lowest BCUT2D eigenvalue weighted by molar-refractivity contribution is -0.116. The molecule has 1 aliphatic rings. The Labute approximate surface area is 137 Å². The number of nitrogens with one attached hydrogen (secondary N) is 3. The molecule has 6 heteroatoms. The first-order valence-corrected chi connectivity index (χ1v) is 8.26. The maximum Gasteiger partial charge on any atom is 0.319 e. The normalized spacial score (nSPS) is 15.0. The summed E-state index contributed by atoms with van der Waals surface area (Å²) in [4.78, 5) is 23.6. The van der Waals surface area contributed by atoms with Gasteiger partial charge >= 0.3 is 6.03 Å². The number of nitrogens with two attached hydrogens (primary N) is 1. The van der Waals surface area contributed by atoms with E-state index in [9.17, 15) is 9.59 Å². The summed E-state index contributed by atoms with van der Waals surface area (Å²) < 4.78 is 0. The van der Waals surface area contributed by atoms with Crippen molar-refractivity contribution in [1.29, 1.82) is 0 Å². The molecule has 0 unspecified atom stereocenters. The third-order valence-corrected chi connectivity index (χ3v) is 4.07. The van der Waals surface area contributed by atoms with Crippen LogP contribution in [0.25, 0.3) is 0 Å². The van der Waals surface area contributed by atoms with Crippen LogP contribution in [-0.2, 0) is 4.79 Å². The highest BCUT2D eigenvalue weighted by Crippen LogP contribution is 2.21. The molecule has 1 fully saturated rings. The van der Waals surface area contributed by atoms with E-state index in [1.165, 1.54) is 19.3 Å². The van der Waals surface area contributed by atoms with Crippen molar-refractivity contribution in [2.75, 3.05) is 17.2 Å². The molecule has 5 N–H and O–H groups in total. The summed E-state index contributed by atoms with van der Waals surface area (Å²) in [6.45, 7) is 2.22. The van der Waals surface area contributed by atoms with E-state index in [2.05, 4.69) is 16.0 Å². The molecule has 23 heavy (non-hydrogen) atoms. The minimum atomic E-state index is -0.167. The van der Waals surface area contributed by atoms with Crippen LogP contribution in [0.15, 0.2) is 18.2 Å². The Kier molecular flexibility index (Phi) is 6.40. The van der Waals surface area contributed by atoms with Crippen LogP contribution >= 0.6 is 0 Å². The summed E-state index contributed by atoms with van der Waals surface area (Å²) in [5.74, 6) is -0.109. The van der Waals surface area contributed by atoms with E-state index in [0.29, 0.717) is 18.7 Å². The van der Waals surface area contributed by atoms with Gasteiger partial charge in [-0.1, -0.05) is 19.3 Å². The molecule has 1 aliphatic carbocycles. The van der Waals surface area contributed by atoms with Crippen molar-refractivity contribution in [2.45, 2.75) is 51.5 Å². The predicted octanol–water partition coefficient (Wildman–Crippen LogP) is 2.74. The Morgan fingerprint density at radius 2 is 1.91 bits per heavy atom. The van der Waals surface area contributed by atoms with E-state index in [0.717, 1.165) is 24.1 Å². The SMILES string of the molecule is Cc1cc(NC(=O)CCN)ccc1NC(=O)NC1CCCCC1. The first-order valence-electron chi connectivity index (χ1n) is 8.26. The molecule has 0 aromatic heterocycles. The molecule has 0 saturated heterocycles. The van der Waals surface area contributed by atoms with Crippen LogP contribution in [0.2, 0.25) is 0 Å². The van der Waals surface area contributed by atoms with Crippen molar-refractivity contribution in [3.8, 4) is 0 Å². The average Bonchev–Trinajstić information content (AvgIpc) is 2.51. The van der Waals surface area contributed by atoms with E-state index < -0.39 is 0 Å². The monoisotopic (exact) mass is 318 g/mol. The van der Waals surface area contributed by atoms with Gasteiger partial charge in [-0.05, 0) is 43.5 Å². The maximum absolute atomic E-state index is 12.1. The third-order valence-electron chi connectivity index (χ3n) is 4.07. The summed E-state index contributed by atoms with van der Waals surface area (Å²) >= 11 is 0. The highest BCUT2D eigenvalue weighted by atomic mass is 16.2. The Hall–Kier alpha value is -2.08. The molecular weight excluding hydrogens is 292 g/mol. The van der Waals surface area contributed by atoms with Crippen molar-refractivity contribution >= 4 is 23.3 Å². The van der Waals surface area contributed by atoms with Gasteiger partial charge in [0.15, 0.2) is 0 Å². The molecule has 0 bridgehead atoms. The standard InChI is InChI=1S/C17H26N4O2/c1-12-11-14(19-16(22)9-10-18)7-8-15(12)21-17(23)20-13-5-3-2-4-6-13/h7-8,11,13H,2-6,9-10,18H2,1H3,(H,19,22)(H2,20,21,23). The summed E-state index contributed by atoms with van der Waals surface area (Å²) in [6, 6.07) is 5.52. The second-order valence-electron chi connectivity index (χ2n) is 6.05.